The van der Waals surface area contributed by atoms with Crippen LogP contribution in [0.25, 0.3) is 0 Å². The molecule has 3 rings (SSSR count). The van der Waals surface area contributed by atoms with E-state index >= 15 is 0 Å². The smallest absolute Gasteiger partial charge is 0.421 e. The molecule has 0 aliphatic carbocycles. The van der Waals surface area contributed by atoms with Gasteiger partial charge in [-0.2, -0.15) is 13.2 Å². The number of nitro groups is 1. The second kappa shape index (κ2) is 14.2. The fourth-order valence-electron chi connectivity index (χ4n) is 3.39. The molecule has 0 aliphatic heterocycles. The molecule has 0 saturated heterocycles. The van der Waals surface area contributed by atoms with Crippen molar-refractivity contribution in [1.82, 2.24) is 9.71 Å². The molecule has 1 heterocycles. The maximum absolute atomic E-state index is 13.0. The minimum Gasteiger partial charge on any atom is -0.491 e. The van der Waals surface area contributed by atoms with Crippen LogP contribution in [-0.2, 0) is 32.1 Å². The highest BCUT2D eigenvalue weighted by Gasteiger charge is 2.32. The Morgan fingerprint density at radius 3 is 2.52 bits per heavy atom. The number of aromatic nitrogens is 1. The zero-order chi connectivity index (χ0) is 30.9. The van der Waals surface area contributed by atoms with Crippen LogP contribution >= 0.6 is 11.6 Å². The van der Waals surface area contributed by atoms with Gasteiger partial charge in [0, 0.05) is 25.4 Å². The SMILES string of the molecule is COCCOc1ccc(CCCOC(=O)NS(=O)(=O)c2ccccc2[N+](=O)[O-])c(Oc2ncc(C(F)(F)F)cc2Cl)c1. The fourth-order valence-corrected chi connectivity index (χ4v) is 4.65. The number of amides is 1. The number of nitro benzene ring substituents is 1. The summed E-state index contributed by atoms with van der Waals surface area (Å²) in [5, 5.41) is 10.7. The van der Waals surface area contributed by atoms with E-state index in [0.29, 0.717) is 23.6 Å². The molecule has 1 amide bonds. The topological polar surface area (TPSA) is 156 Å². The Labute approximate surface area is 242 Å². The van der Waals surface area contributed by atoms with E-state index in [4.69, 9.17) is 30.5 Å². The summed E-state index contributed by atoms with van der Waals surface area (Å²) in [6.45, 7) is 0.215. The number of para-hydroxylation sites is 1. The van der Waals surface area contributed by atoms with Crippen LogP contribution in [0.4, 0.5) is 23.7 Å². The second-order valence-electron chi connectivity index (χ2n) is 8.29. The molecular weight excluding hydrogens is 611 g/mol. The van der Waals surface area contributed by atoms with Gasteiger partial charge in [-0.05, 0) is 36.6 Å². The average Bonchev–Trinajstić information content (AvgIpc) is 2.92. The van der Waals surface area contributed by atoms with Gasteiger partial charge in [-0.3, -0.25) is 10.1 Å². The number of rotatable bonds is 13. The number of halogens is 4. The lowest BCUT2D eigenvalue weighted by Crippen LogP contribution is -2.31. The fraction of sp³-hybridized carbons (Fsp3) is 0.280. The number of benzene rings is 2. The van der Waals surface area contributed by atoms with Gasteiger partial charge in [-0.1, -0.05) is 29.8 Å². The number of alkyl halides is 3. The Morgan fingerprint density at radius 2 is 1.86 bits per heavy atom. The van der Waals surface area contributed by atoms with Crippen LogP contribution in [0.15, 0.2) is 59.6 Å². The first-order valence-electron chi connectivity index (χ1n) is 11.9. The second-order valence-corrected chi connectivity index (χ2v) is 10.3. The Bertz CT molecular complexity index is 1540. The molecule has 0 bridgehead atoms. The third-order valence-electron chi connectivity index (χ3n) is 5.33. The number of hydrogen-bond donors (Lipinski definition) is 1. The van der Waals surface area contributed by atoms with Crippen LogP contribution in [0.2, 0.25) is 5.02 Å². The molecule has 0 atom stereocenters. The highest BCUT2D eigenvalue weighted by Crippen LogP contribution is 2.36. The number of hydrogen-bond acceptors (Lipinski definition) is 10. The van der Waals surface area contributed by atoms with E-state index in [1.165, 1.54) is 25.3 Å². The molecule has 42 heavy (non-hydrogen) atoms. The molecule has 0 fully saturated rings. The van der Waals surface area contributed by atoms with Crippen LogP contribution in [0, 0.1) is 10.1 Å². The number of nitrogens with one attached hydrogen (secondary N) is 1. The minimum atomic E-state index is -4.66. The van der Waals surface area contributed by atoms with Crippen LogP contribution in [0.3, 0.4) is 0 Å². The van der Waals surface area contributed by atoms with Gasteiger partial charge in [0.2, 0.25) is 5.88 Å². The van der Waals surface area contributed by atoms with Gasteiger partial charge in [0.25, 0.3) is 15.7 Å². The summed E-state index contributed by atoms with van der Waals surface area (Å²) < 4.78 is 86.5. The maximum atomic E-state index is 13.0. The molecule has 3 aromatic rings. The number of aryl methyl sites for hydroxylation is 1. The molecule has 1 N–H and O–H groups in total. The maximum Gasteiger partial charge on any atom is 0.421 e. The largest absolute Gasteiger partial charge is 0.491 e. The van der Waals surface area contributed by atoms with Crippen molar-refractivity contribution in [2.45, 2.75) is 23.9 Å². The predicted octanol–water partition coefficient (Wildman–Crippen LogP) is 5.53. The third kappa shape index (κ3) is 8.92. The molecule has 2 aromatic carbocycles. The lowest BCUT2D eigenvalue weighted by atomic mass is 10.1. The van der Waals surface area contributed by atoms with Crippen molar-refractivity contribution in [3.63, 3.8) is 0 Å². The molecule has 0 aliphatic rings. The van der Waals surface area contributed by atoms with Gasteiger partial charge in [0.15, 0.2) is 4.90 Å². The van der Waals surface area contributed by atoms with Gasteiger partial charge in [0.1, 0.15) is 23.1 Å². The number of pyridine rings is 1. The number of methoxy groups -OCH3 is 1. The molecule has 0 radical (unpaired) electrons. The summed E-state index contributed by atoms with van der Waals surface area (Å²) in [4.78, 5) is 25.3. The lowest BCUT2D eigenvalue weighted by Gasteiger charge is -2.15. The van der Waals surface area contributed by atoms with Crippen molar-refractivity contribution < 1.29 is 50.3 Å². The van der Waals surface area contributed by atoms with Crippen LogP contribution in [0.1, 0.15) is 17.5 Å². The highest BCUT2D eigenvalue weighted by molar-refractivity contribution is 7.90. The van der Waals surface area contributed by atoms with Crippen molar-refractivity contribution in [2.24, 2.45) is 0 Å². The average molecular weight is 634 g/mol. The number of carbonyl (C=O) groups is 1. The number of sulfonamides is 1. The number of nitrogens with zero attached hydrogens (tertiary/aromatic N) is 2. The van der Waals surface area contributed by atoms with Crippen molar-refractivity contribution in [1.29, 1.82) is 0 Å². The quantitative estimate of drug-likeness (QED) is 0.144. The zero-order valence-electron chi connectivity index (χ0n) is 21.7. The minimum absolute atomic E-state index is 0.141. The van der Waals surface area contributed by atoms with Crippen molar-refractivity contribution in [3.05, 3.63) is 81.0 Å². The molecule has 0 unspecified atom stereocenters. The standard InChI is InChI=1S/C25H23ClF3N3O9S/c1-38-11-12-39-18-9-8-16(21(14-18)41-23-19(26)13-17(15-30-23)25(27,28)29)5-4-10-40-24(33)31-42(36,37)22-7-3-2-6-20(22)32(34)35/h2-3,6-9,13-15H,4-5,10-12H2,1H3,(H,31,33). The zero-order valence-corrected chi connectivity index (χ0v) is 23.3. The van der Waals surface area contributed by atoms with E-state index in [-0.39, 0.29) is 49.3 Å². The van der Waals surface area contributed by atoms with E-state index in [2.05, 4.69) is 4.98 Å². The van der Waals surface area contributed by atoms with Gasteiger partial charge >= 0.3 is 12.3 Å². The number of ether oxygens (including phenoxy) is 4. The van der Waals surface area contributed by atoms with Crippen LogP contribution in [-0.4, -0.2) is 51.3 Å². The summed E-state index contributed by atoms with van der Waals surface area (Å²) in [5.41, 5.74) is -1.28. The van der Waals surface area contributed by atoms with Gasteiger partial charge in [-0.15, -0.1) is 0 Å². The van der Waals surface area contributed by atoms with E-state index < -0.39 is 43.4 Å². The Hall–Kier alpha value is -4.15. The van der Waals surface area contributed by atoms with Crippen molar-refractivity contribution >= 4 is 33.4 Å². The molecule has 17 heteroatoms. The Balaban J connectivity index is 1.68. The van der Waals surface area contributed by atoms with E-state index in [0.717, 1.165) is 12.1 Å². The molecule has 0 spiro atoms. The van der Waals surface area contributed by atoms with E-state index in [1.807, 2.05) is 0 Å². The normalized spacial score (nSPS) is 11.5. The van der Waals surface area contributed by atoms with E-state index in [9.17, 15) is 36.5 Å². The summed E-state index contributed by atoms with van der Waals surface area (Å²) in [6.07, 6.45) is -5.10. The Morgan fingerprint density at radius 1 is 1.12 bits per heavy atom. The van der Waals surface area contributed by atoms with Gasteiger partial charge in [0.05, 0.1) is 23.7 Å². The van der Waals surface area contributed by atoms with Gasteiger partial charge in [-0.25, -0.2) is 22.9 Å². The third-order valence-corrected chi connectivity index (χ3v) is 6.96. The first kappa shape index (κ1) is 32.4. The van der Waals surface area contributed by atoms with Gasteiger partial charge < -0.3 is 18.9 Å². The number of carbonyl (C=O) groups excluding carboxylic acids is 1. The molecule has 12 nitrogen and oxygen atoms in total. The predicted molar refractivity (Wildman–Crippen MR) is 141 cm³/mol. The van der Waals surface area contributed by atoms with Crippen LogP contribution in [0.5, 0.6) is 17.4 Å². The highest BCUT2D eigenvalue weighted by atomic mass is 35.5. The van der Waals surface area contributed by atoms with Crippen molar-refractivity contribution in [3.8, 4) is 17.4 Å². The van der Waals surface area contributed by atoms with Crippen molar-refractivity contribution in [2.75, 3.05) is 26.9 Å². The van der Waals surface area contributed by atoms with E-state index in [1.54, 1.807) is 16.9 Å². The van der Waals surface area contributed by atoms with Crippen LogP contribution < -0.4 is 14.2 Å². The first-order chi connectivity index (χ1) is 19.8. The lowest BCUT2D eigenvalue weighted by molar-refractivity contribution is -0.387. The molecule has 0 saturated carbocycles. The molecular formula is C25H23ClF3N3O9S. The monoisotopic (exact) mass is 633 g/mol. The summed E-state index contributed by atoms with van der Waals surface area (Å²) in [6, 6.07) is 9.82. The summed E-state index contributed by atoms with van der Waals surface area (Å²) in [5.74, 6) is 0.197. The molecule has 1 aromatic heterocycles. The summed E-state index contributed by atoms with van der Waals surface area (Å²) >= 11 is 5.98. The first-order valence-corrected chi connectivity index (χ1v) is 13.8. The summed E-state index contributed by atoms with van der Waals surface area (Å²) in [7, 11) is -3.11. The molecule has 226 valence electrons. The Kier molecular flexibility index (Phi) is 10.9.